The molecule has 0 aliphatic carbocycles. The van der Waals surface area contributed by atoms with Gasteiger partial charge in [0.25, 0.3) is 5.91 Å². The van der Waals surface area contributed by atoms with E-state index in [0.29, 0.717) is 62.7 Å². The Morgan fingerprint density at radius 3 is 2.66 bits per heavy atom. The minimum atomic E-state index is -0.186. The van der Waals surface area contributed by atoms with E-state index in [1.165, 1.54) is 10.4 Å². The van der Waals surface area contributed by atoms with Crippen LogP contribution in [0.25, 0.3) is 0 Å². The molecule has 0 radical (unpaired) electrons. The van der Waals surface area contributed by atoms with E-state index in [1.54, 1.807) is 45.4 Å². The van der Waals surface area contributed by atoms with Crippen molar-refractivity contribution in [1.29, 1.82) is 0 Å². The predicted octanol–water partition coefficient (Wildman–Crippen LogP) is 3.23. The molecule has 2 aromatic rings. The highest BCUT2D eigenvalue weighted by atomic mass is 35.5. The third-order valence-electron chi connectivity index (χ3n) is 5.92. The molecule has 0 bridgehead atoms. The van der Waals surface area contributed by atoms with Crippen LogP contribution in [0.2, 0.25) is 5.02 Å². The number of rotatable bonds is 4. The van der Waals surface area contributed by atoms with Gasteiger partial charge in [-0.1, -0.05) is 17.7 Å². The molecule has 1 fully saturated rings. The second-order valence-electron chi connectivity index (χ2n) is 8.06. The van der Waals surface area contributed by atoms with E-state index in [1.807, 2.05) is 4.90 Å². The van der Waals surface area contributed by atoms with E-state index < -0.39 is 0 Å². The molecule has 1 aromatic heterocycles. The first-order chi connectivity index (χ1) is 15.5. The first-order valence-corrected chi connectivity index (χ1v) is 12.2. The van der Waals surface area contributed by atoms with Crippen molar-refractivity contribution in [1.82, 2.24) is 20.0 Å². The molecule has 2 aliphatic heterocycles. The van der Waals surface area contributed by atoms with Gasteiger partial charge >= 0.3 is 6.03 Å². The zero-order valence-corrected chi connectivity index (χ0v) is 19.5. The van der Waals surface area contributed by atoms with Crippen LogP contribution >= 0.6 is 22.9 Å². The molecule has 0 spiro atoms. The number of nitrogens with zero attached hydrogens (tertiary/aromatic N) is 3. The Balaban J connectivity index is 1.21. The van der Waals surface area contributed by atoms with Gasteiger partial charge in [-0.25, -0.2) is 4.79 Å². The highest BCUT2D eigenvalue weighted by molar-refractivity contribution is 7.10. The standard InChI is InChI=1S/C23H27ClN4O3S/c24-19-4-1-3-17(15-19)22(30)26-9-2-10-27(13-12-26)23(31)25-8-5-21(29)28-11-6-20-18(16-28)7-14-32-20/h1,3-4,7,14-15H,2,5-6,8-13,16H2,(H,25,31). The van der Waals surface area contributed by atoms with Crippen LogP contribution in [-0.2, 0) is 17.8 Å². The van der Waals surface area contributed by atoms with Gasteiger partial charge in [0.2, 0.25) is 5.91 Å². The number of thiophene rings is 1. The third-order valence-corrected chi connectivity index (χ3v) is 7.18. The average Bonchev–Trinajstić information content (AvgIpc) is 3.13. The normalized spacial score (nSPS) is 16.3. The summed E-state index contributed by atoms with van der Waals surface area (Å²) in [5, 5.41) is 5.47. The molecule has 2 aliphatic rings. The minimum absolute atomic E-state index is 0.0660. The maximum atomic E-state index is 12.7. The van der Waals surface area contributed by atoms with Gasteiger partial charge in [-0.3, -0.25) is 9.59 Å². The smallest absolute Gasteiger partial charge is 0.317 e. The number of carbonyl (C=O) groups is 3. The molecule has 0 atom stereocenters. The van der Waals surface area contributed by atoms with Gasteiger partial charge in [0.1, 0.15) is 0 Å². The van der Waals surface area contributed by atoms with Crippen molar-refractivity contribution in [3.63, 3.8) is 0 Å². The van der Waals surface area contributed by atoms with Gasteiger partial charge in [-0.2, -0.15) is 0 Å². The monoisotopic (exact) mass is 474 g/mol. The predicted molar refractivity (Wildman–Crippen MR) is 125 cm³/mol. The molecule has 3 heterocycles. The summed E-state index contributed by atoms with van der Waals surface area (Å²) in [7, 11) is 0. The summed E-state index contributed by atoms with van der Waals surface area (Å²) in [4.78, 5) is 44.6. The second-order valence-corrected chi connectivity index (χ2v) is 9.50. The van der Waals surface area contributed by atoms with E-state index >= 15 is 0 Å². The number of carbonyl (C=O) groups excluding carboxylic acids is 3. The first kappa shape index (κ1) is 22.6. The summed E-state index contributed by atoms with van der Waals surface area (Å²) < 4.78 is 0. The lowest BCUT2D eigenvalue weighted by Gasteiger charge is -2.27. The van der Waals surface area contributed by atoms with Crippen LogP contribution in [0.15, 0.2) is 35.7 Å². The van der Waals surface area contributed by atoms with E-state index in [4.69, 9.17) is 11.6 Å². The Bertz CT molecular complexity index is 995. The van der Waals surface area contributed by atoms with E-state index in [-0.39, 0.29) is 17.8 Å². The van der Waals surface area contributed by atoms with Gasteiger partial charge in [0.15, 0.2) is 0 Å². The summed E-state index contributed by atoms with van der Waals surface area (Å²) >= 11 is 7.75. The zero-order chi connectivity index (χ0) is 22.5. The third kappa shape index (κ3) is 5.42. The minimum Gasteiger partial charge on any atom is -0.338 e. The van der Waals surface area contributed by atoms with Crippen molar-refractivity contribution in [2.24, 2.45) is 0 Å². The highest BCUT2D eigenvalue weighted by Gasteiger charge is 2.24. The van der Waals surface area contributed by atoms with Crippen LogP contribution in [0.3, 0.4) is 0 Å². The molecule has 7 nitrogen and oxygen atoms in total. The lowest BCUT2D eigenvalue weighted by molar-refractivity contribution is -0.131. The largest absolute Gasteiger partial charge is 0.338 e. The number of halogens is 1. The van der Waals surface area contributed by atoms with Gasteiger partial charge in [-0.15, -0.1) is 11.3 Å². The van der Waals surface area contributed by atoms with Crippen LogP contribution in [0.5, 0.6) is 0 Å². The number of hydrogen-bond donors (Lipinski definition) is 1. The van der Waals surface area contributed by atoms with Gasteiger partial charge in [-0.05, 0) is 48.1 Å². The van der Waals surface area contributed by atoms with Crippen molar-refractivity contribution < 1.29 is 14.4 Å². The molecule has 9 heteroatoms. The molecule has 4 rings (SSSR count). The van der Waals surface area contributed by atoms with Crippen molar-refractivity contribution in [3.8, 4) is 0 Å². The molecule has 1 N–H and O–H groups in total. The Kier molecular flexibility index (Phi) is 7.32. The summed E-state index contributed by atoms with van der Waals surface area (Å²) in [6, 6.07) is 8.81. The number of benzene rings is 1. The van der Waals surface area contributed by atoms with Gasteiger partial charge in [0.05, 0.1) is 0 Å². The van der Waals surface area contributed by atoms with E-state index in [0.717, 1.165) is 13.0 Å². The molecule has 170 valence electrons. The number of nitrogens with one attached hydrogen (secondary N) is 1. The highest BCUT2D eigenvalue weighted by Crippen LogP contribution is 2.24. The molecule has 0 saturated carbocycles. The quantitative estimate of drug-likeness (QED) is 0.739. The molecule has 4 amide bonds. The van der Waals surface area contributed by atoms with Crippen LogP contribution in [0, 0.1) is 0 Å². The summed E-state index contributed by atoms with van der Waals surface area (Å²) in [6.07, 6.45) is 1.90. The molecule has 0 unspecified atom stereocenters. The molecule has 32 heavy (non-hydrogen) atoms. The Labute approximate surface area is 196 Å². The fourth-order valence-electron chi connectivity index (χ4n) is 4.14. The topological polar surface area (TPSA) is 73.0 Å². The lowest BCUT2D eigenvalue weighted by Crippen LogP contribution is -2.44. The molecular formula is C23H27ClN4O3S. The van der Waals surface area contributed by atoms with Gasteiger partial charge in [0, 0.05) is 67.7 Å². The number of hydrogen-bond acceptors (Lipinski definition) is 4. The fourth-order valence-corrected chi connectivity index (χ4v) is 5.22. The lowest BCUT2D eigenvalue weighted by atomic mass is 10.1. The van der Waals surface area contributed by atoms with Crippen LogP contribution in [-0.4, -0.2) is 71.8 Å². The maximum Gasteiger partial charge on any atom is 0.317 e. The number of amides is 4. The van der Waals surface area contributed by atoms with Crippen LogP contribution in [0.4, 0.5) is 4.79 Å². The fraction of sp³-hybridized carbons (Fsp3) is 0.435. The molecule has 1 saturated heterocycles. The van der Waals surface area contributed by atoms with Crippen molar-refractivity contribution >= 4 is 40.8 Å². The Hall–Kier alpha value is -2.58. The van der Waals surface area contributed by atoms with Crippen LogP contribution < -0.4 is 5.32 Å². The SMILES string of the molecule is O=C(CCNC(=O)N1CCCN(C(=O)c2cccc(Cl)c2)CC1)N1CCc2sccc2C1. The van der Waals surface area contributed by atoms with Gasteiger partial charge < -0.3 is 20.0 Å². The maximum absolute atomic E-state index is 12.7. The van der Waals surface area contributed by atoms with Crippen LogP contribution in [0.1, 0.15) is 33.6 Å². The number of urea groups is 1. The van der Waals surface area contributed by atoms with E-state index in [9.17, 15) is 14.4 Å². The second kappa shape index (κ2) is 10.4. The zero-order valence-electron chi connectivity index (χ0n) is 17.9. The van der Waals surface area contributed by atoms with Crippen molar-refractivity contribution in [2.75, 3.05) is 39.3 Å². The Morgan fingerprint density at radius 2 is 1.81 bits per heavy atom. The molecular weight excluding hydrogens is 448 g/mol. The van der Waals surface area contributed by atoms with Crippen molar-refractivity contribution in [2.45, 2.75) is 25.8 Å². The Morgan fingerprint density at radius 1 is 1.00 bits per heavy atom. The number of fused-ring (bicyclic) bond motifs is 1. The molecule has 1 aromatic carbocycles. The summed E-state index contributed by atoms with van der Waals surface area (Å²) in [5.41, 5.74) is 1.79. The summed E-state index contributed by atoms with van der Waals surface area (Å²) in [6.45, 7) is 3.80. The van der Waals surface area contributed by atoms with E-state index in [2.05, 4.69) is 16.8 Å². The average molecular weight is 475 g/mol. The van der Waals surface area contributed by atoms with Crippen molar-refractivity contribution in [3.05, 3.63) is 56.7 Å². The first-order valence-electron chi connectivity index (χ1n) is 10.9. The summed E-state index contributed by atoms with van der Waals surface area (Å²) in [5.74, 6) is -0.00743.